The molecular formula is C51H99NO3. The van der Waals surface area contributed by atoms with Crippen LogP contribution in [0, 0.1) is 0 Å². The van der Waals surface area contributed by atoms with Crippen LogP contribution in [0.2, 0.25) is 0 Å². The highest BCUT2D eigenvalue weighted by Gasteiger charge is 2.17. The van der Waals surface area contributed by atoms with Gasteiger partial charge >= 0.3 is 0 Å². The summed E-state index contributed by atoms with van der Waals surface area (Å²) in [5, 5.41) is 23.0. The highest BCUT2D eigenvalue weighted by atomic mass is 16.3. The zero-order valence-electron chi connectivity index (χ0n) is 37.5. The van der Waals surface area contributed by atoms with Gasteiger partial charge in [0.1, 0.15) is 0 Å². The van der Waals surface area contributed by atoms with Gasteiger partial charge in [0.2, 0.25) is 5.91 Å². The summed E-state index contributed by atoms with van der Waals surface area (Å²) in [6.07, 6.45) is 61.8. The fraction of sp³-hybridized carbons (Fsp3) is 0.902. The molecule has 4 heteroatoms. The number of unbranched alkanes of at least 4 members (excludes halogenated alkanes) is 37. The van der Waals surface area contributed by atoms with Crippen LogP contribution in [-0.4, -0.2) is 34.9 Å². The standard InChI is InChI=1S/C51H99NO3/c1-3-5-7-9-11-13-15-17-18-19-20-21-22-23-24-25-26-27-28-29-30-31-32-33-35-36-38-40-42-44-46-50(54)49(48-53)52-51(55)47-45-43-41-39-37-34-16-14-12-10-8-6-4-2/h36,38,44,46,49-50,53-54H,3-35,37,39-43,45,47-48H2,1-2H3,(H,52,55)/b38-36+,46-44+. The third kappa shape index (κ3) is 43.8. The average Bonchev–Trinajstić information content (AvgIpc) is 3.19. The summed E-state index contributed by atoms with van der Waals surface area (Å²) in [4.78, 5) is 12.4. The normalized spacial score (nSPS) is 13.0. The van der Waals surface area contributed by atoms with Crippen LogP contribution in [0.4, 0.5) is 0 Å². The Morgan fingerprint density at radius 3 is 1.05 bits per heavy atom. The molecule has 55 heavy (non-hydrogen) atoms. The minimum Gasteiger partial charge on any atom is -0.394 e. The van der Waals surface area contributed by atoms with Gasteiger partial charge in [0.05, 0.1) is 18.8 Å². The molecule has 0 aromatic carbocycles. The summed E-state index contributed by atoms with van der Waals surface area (Å²) in [6, 6.07) is -0.634. The molecule has 0 fully saturated rings. The lowest BCUT2D eigenvalue weighted by Crippen LogP contribution is -2.45. The van der Waals surface area contributed by atoms with Gasteiger partial charge in [0.25, 0.3) is 0 Å². The maximum absolute atomic E-state index is 12.4. The molecule has 326 valence electrons. The Morgan fingerprint density at radius 2 is 0.709 bits per heavy atom. The molecule has 2 unspecified atom stereocenters. The number of nitrogens with one attached hydrogen (secondary N) is 1. The van der Waals surface area contributed by atoms with E-state index in [-0.39, 0.29) is 12.5 Å². The van der Waals surface area contributed by atoms with Crippen molar-refractivity contribution in [1.82, 2.24) is 5.32 Å². The van der Waals surface area contributed by atoms with E-state index >= 15 is 0 Å². The van der Waals surface area contributed by atoms with Crippen LogP contribution in [0.3, 0.4) is 0 Å². The van der Waals surface area contributed by atoms with E-state index in [1.807, 2.05) is 6.08 Å². The highest BCUT2D eigenvalue weighted by molar-refractivity contribution is 5.76. The van der Waals surface area contributed by atoms with Gasteiger partial charge in [-0.1, -0.05) is 263 Å². The molecule has 0 aliphatic rings. The zero-order chi connectivity index (χ0) is 40.0. The van der Waals surface area contributed by atoms with Crippen molar-refractivity contribution in [1.29, 1.82) is 0 Å². The van der Waals surface area contributed by atoms with Gasteiger partial charge in [-0.3, -0.25) is 4.79 Å². The molecule has 1 amide bonds. The molecule has 0 bridgehead atoms. The Labute approximate surface area is 345 Å². The first-order chi connectivity index (χ1) is 27.2. The smallest absolute Gasteiger partial charge is 0.220 e. The first-order valence-electron chi connectivity index (χ1n) is 25.1. The number of carbonyl (C=O) groups is 1. The molecule has 0 aliphatic carbocycles. The molecule has 0 saturated heterocycles. The third-order valence-corrected chi connectivity index (χ3v) is 11.7. The molecular weight excluding hydrogens is 675 g/mol. The van der Waals surface area contributed by atoms with Gasteiger partial charge in [-0.15, -0.1) is 0 Å². The lowest BCUT2D eigenvalue weighted by atomic mass is 10.0. The molecule has 0 spiro atoms. The Kier molecular flexibility index (Phi) is 46.3. The molecule has 0 saturated carbocycles. The number of hydrogen-bond donors (Lipinski definition) is 3. The van der Waals surface area contributed by atoms with Gasteiger partial charge < -0.3 is 15.5 Å². The van der Waals surface area contributed by atoms with Gasteiger partial charge in [0.15, 0.2) is 0 Å². The second-order valence-corrected chi connectivity index (χ2v) is 17.2. The van der Waals surface area contributed by atoms with Gasteiger partial charge in [0, 0.05) is 6.42 Å². The Hall–Kier alpha value is -1.13. The first-order valence-corrected chi connectivity index (χ1v) is 25.1. The lowest BCUT2D eigenvalue weighted by molar-refractivity contribution is -0.123. The van der Waals surface area contributed by atoms with Crippen molar-refractivity contribution < 1.29 is 15.0 Å². The fourth-order valence-corrected chi connectivity index (χ4v) is 7.84. The van der Waals surface area contributed by atoms with Crippen molar-refractivity contribution in [3.63, 3.8) is 0 Å². The first kappa shape index (κ1) is 53.9. The molecule has 0 aromatic rings. The zero-order valence-corrected chi connectivity index (χ0v) is 37.5. The summed E-state index contributed by atoms with van der Waals surface area (Å²) in [7, 11) is 0. The molecule has 0 aliphatic heterocycles. The molecule has 4 nitrogen and oxygen atoms in total. The van der Waals surface area contributed by atoms with Crippen LogP contribution in [0.1, 0.15) is 277 Å². The number of rotatable bonds is 46. The van der Waals surface area contributed by atoms with Crippen LogP contribution in [0.15, 0.2) is 24.3 Å². The molecule has 0 rings (SSSR count). The number of carbonyl (C=O) groups excluding carboxylic acids is 1. The van der Waals surface area contributed by atoms with Gasteiger partial charge in [-0.05, 0) is 32.1 Å². The van der Waals surface area contributed by atoms with E-state index in [9.17, 15) is 15.0 Å². The molecule has 0 aromatic heterocycles. The summed E-state index contributed by atoms with van der Waals surface area (Å²) >= 11 is 0. The highest BCUT2D eigenvalue weighted by Crippen LogP contribution is 2.17. The third-order valence-electron chi connectivity index (χ3n) is 11.7. The van der Waals surface area contributed by atoms with Gasteiger partial charge in [-0.2, -0.15) is 0 Å². The minimum absolute atomic E-state index is 0.0711. The maximum atomic E-state index is 12.4. The van der Waals surface area contributed by atoms with Crippen molar-refractivity contribution in [2.45, 2.75) is 289 Å². The topological polar surface area (TPSA) is 69.6 Å². The SMILES string of the molecule is CCCCCCCCCCCCCCCCCCCCCCCCCC/C=C/CC/C=C/C(O)C(CO)NC(=O)CCCCCCCCCCCCCCC. The quantitative estimate of drug-likeness (QED) is 0.0426. The van der Waals surface area contributed by atoms with E-state index in [2.05, 4.69) is 31.3 Å². The number of hydrogen-bond acceptors (Lipinski definition) is 3. The number of allylic oxidation sites excluding steroid dienone is 3. The Balaban J connectivity index is 3.48. The Bertz CT molecular complexity index is 795. The molecule has 3 N–H and O–H groups in total. The van der Waals surface area contributed by atoms with E-state index in [4.69, 9.17) is 0 Å². The largest absolute Gasteiger partial charge is 0.394 e. The minimum atomic E-state index is -0.858. The second-order valence-electron chi connectivity index (χ2n) is 17.2. The van der Waals surface area contributed by atoms with Crippen molar-refractivity contribution >= 4 is 5.91 Å². The number of aliphatic hydroxyl groups is 2. The monoisotopic (exact) mass is 774 g/mol. The summed E-state index contributed by atoms with van der Waals surface area (Å²) in [6.45, 7) is 4.31. The summed E-state index contributed by atoms with van der Waals surface area (Å²) < 4.78 is 0. The summed E-state index contributed by atoms with van der Waals surface area (Å²) in [5.74, 6) is -0.0711. The van der Waals surface area contributed by atoms with Crippen LogP contribution in [0.25, 0.3) is 0 Å². The van der Waals surface area contributed by atoms with Crippen LogP contribution < -0.4 is 5.32 Å². The van der Waals surface area contributed by atoms with Crippen LogP contribution >= 0.6 is 0 Å². The predicted octanol–water partition coefficient (Wildman–Crippen LogP) is 16.0. The average molecular weight is 774 g/mol. The van der Waals surface area contributed by atoms with Crippen LogP contribution in [-0.2, 0) is 4.79 Å². The van der Waals surface area contributed by atoms with E-state index in [0.29, 0.717) is 6.42 Å². The van der Waals surface area contributed by atoms with Crippen molar-refractivity contribution in [2.75, 3.05) is 6.61 Å². The Morgan fingerprint density at radius 1 is 0.418 bits per heavy atom. The fourth-order valence-electron chi connectivity index (χ4n) is 7.84. The van der Waals surface area contributed by atoms with Crippen LogP contribution in [0.5, 0.6) is 0 Å². The van der Waals surface area contributed by atoms with Gasteiger partial charge in [-0.25, -0.2) is 0 Å². The number of amides is 1. The summed E-state index contributed by atoms with van der Waals surface area (Å²) in [5.41, 5.74) is 0. The molecule has 0 radical (unpaired) electrons. The van der Waals surface area contributed by atoms with Crippen molar-refractivity contribution in [3.05, 3.63) is 24.3 Å². The second kappa shape index (κ2) is 47.2. The van der Waals surface area contributed by atoms with Crippen molar-refractivity contribution in [2.24, 2.45) is 0 Å². The number of aliphatic hydroxyl groups excluding tert-OH is 2. The van der Waals surface area contributed by atoms with E-state index in [0.717, 1.165) is 32.1 Å². The van der Waals surface area contributed by atoms with E-state index < -0.39 is 12.1 Å². The maximum Gasteiger partial charge on any atom is 0.220 e. The van der Waals surface area contributed by atoms with Crippen molar-refractivity contribution in [3.8, 4) is 0 Å². The van der Waals surface area contributed by atoms with E-state index in [1.54, 1.807) is 6.08 Å². The predicted molar refractivity (Wildman–Crippen MR) is 244 cm³/mol. The molecule has 2 atom stereocenters. The lowest BCUT2D eigenvalue weighted by Gasteiger charge is -2.19. The van der Waals surface area contributed by atoms with E-state index in [1.165, 1.54) is 225 Å². The molecule has 0 heterocycles.